The van der Waals surface area contributed by atoms with Gasteiger partial charge in [-0.15, -0.1) is 11.3 Å². The van der Waals surface area contributed by atoms with Crippen molar-refractivity contribution >= 4 is 17.2 Å². The summed E-state index contributed by atoms with van der Waals surface area (Å²) >= 11 is 1.42. The molecule has 0 aliphatic carbocycles. The number of thiazole rings is 1. The number of hydrogen-bond acceptors (Lipinski definition) is 5. The summed E-state index contributed by atoms with van der Waals surface area (Å²) in [5.41, 5.74) is 1.08. The van der Waals surface area contributed by atoms with Crippen LogP contribution in [0.5, 0.6) is 5.75 Å². The second-order valence-electron chi connectivity index (χ2n) is 5.22. The van der Waals surface area contributed by atoms with Crippen LogP contribution in [-0.4, -0.2) is 28.6 Å². The molecule has 1 heterocycles. The van der Waals surface area contributed by atoms with Crippen molar-refractivity contribution in [2.24, 2.45) is 0 Å². The average molecular weight is 320 g/mol. The van der Waals surface area contributed by atoms with Crippen molar-refractivity contribution in [2.75, 3.05) is 6.54 Å². The number of aliphatic hydroxyl groups excluding tert-OH is 1. The second-order valence-corrected chi connectivity index (χ2v) is 6.28. The van der Waals surface area contributed by atoms with E-state index < -0.39 is 6.10 Å². The molecule has 22 heavy (non-hydrogen) atoms. The molecule has 1 aromatic heterocycles. The van der Waals surface area contributed by atoms with Gasteiger partial charge in [-0.3, -0.25) is 4.79 Å². The molecule has 118 valence electrons. The quantitative estimate of drug-likeness (QED) is 0.858. The van der Waals surface area contributed by atoms with E-state index in [1.54, 1.807) is 17.5 Å². The Morgan fingerprint density at radius 3 is 2.86 bits per heavy atom. The van der Waals surface area contributed by atoms with Gasteiger partial charge in [0.2, 0.25) is 0 Å². The monoisotopic (exact) mass is 320 g/mol. The molecule has 1 atom stereocenters. The van der Waals surface area contributed by atoms with Gasteiger partial charge in [0.05, 0.1) is 17.2 Å². The minimum atomic E-state index is -0.792. The summed E-state index contributed by atoms with van der Waals surface area (Å²) in [6.07, 6.45) is -0.723. The smallest absolute Gasteiger partial charge is 0.270 e. The van der Waals surface area contributed by atoms with E-state index in [4.69, 9.17) is 4.74 Å². The number of hydrogen-bond donors (Lipinski definition) is 2. The molecule has 0 aliphatic rings. The maximum Gasteiger partial charge on any atom is 0.270 e. The van der Waals surface area contributed by atoms with Crippen LogP contribution in [0.2, 0.25) is 0 Å². The predicted molar refractivity (Wildman–Crippen MR) is 86.4 cm³/mol. The van der Waals surface area contributed by atoms with Gasteiger partial charge in [0, 0.05) is 11.9 Å². The minimum Gasteiger partial charge on any atom is -0.491 e. The van der Waals surface area contributed by atoms with Gasteiger partial charge in [0.15, 0.2) is 0 Å². The van der Waals surface area contributed by atoms with Crippen LogP contribution in [0.15, 0.2) is 29.6 Å². The Kier molecular flexibility index (Phi) is 5.51. The lowest BCUT2D eigenvalue weighted by Gasteiger charge is -2.14. The van der Waals surface area contributed by atoms with Crippen LogP contribution in [0, 0.1) is 6.92 Å². The van der Waals surface area contributed by atoms with Crippen LogP contribution in [-0.2, 0) is 0 Å². The van der Waals surface area contributed by atoms with E-state index in [2.05, 4.69) is 10.3 Å². The number of nitrogens with zero attached hydrogens (tertiary/aromatic N) is 1. The van der Waals surface area contributed by atoms with E-state index in [-0.39, 0.29) is 18.6 Å². The molecule has 6 heteroatoms. The molecule has 0 radical (unpaired) electrons. The van der Waals surface area contributed by atoms with Crippen molar-refractivity contribution < 1.29 is 14.6 Å². The van der Waals surface area contributed by atoms with E-state index in [0.29, 0.717) is 17.0 Å². The molecule has 5 nitrogen and oxygen atoms in total. The van der Waals surface area contributed by atoms with Crippen molar-refractivity contribution in [3.63, 3.8) is 0 Å². The molecule has 0 saturated carbocycles. The first kappa shape index (κ1) is 16.5. The van der Waals surface area contributed by atoms with Gasteiger partial charge >= 0.3 is 0 Å². The molecular formula is C16H20N2O3S. The number of amides is 1. The molecule has 0 fully saturated rings. The summed E-state index contributed by atoms with van der Waals surface area (Å²) in [6.45, 7) is 5.86. The van der Waals surface area contributed by atoms with Gasteiger partial charge in [-0.05, 0) is 38.5 Å². The predicted octanol–water partition coefficient (Wildman–Crippen LogP) is 2.70. The summed E-state index contributed by atoms with van der Waals surface area (Å²) in [5.74, 6) is 0.422. The van der Waals surface area contributed by atoms with E-state index in [1.165, 1.54) is 11.3 Å². The van der Waals surface area contributed by atoms with Crippen LogP contribution < -0.4 is 10.1 Å². The second kappa shape index (κ2) is 7.38. The Morgan fingerprint density at radius 2 is 2.23 bits per heavy atom. The Labute approximate surface area is 134 Å². The van der Waals surface area contributed by atoms with E-state index in [0.717, 1.165) is 5.01 Å². The maximum absolute atomic E-state index is 11.9. The number of aromatic nitrogens is 1. The highest BCUT2D eigenvalue weighted by Crippen LogP contribution is 2.20. The van der Waals surface area contributed by atoms with Crippen LogP contribution in [0.1, 0.15) is 41.0 Å². The van der Waals surface area contributed by atoms with Crippen molar-refractivity contribution in [1.82, 2.24) is 10.3 Å². The van der Waals surface area contributed by atoms with E-state index in [9.17, 15) is 9.90 Å². The lowest BCUT2D eigenvalue weighted by molar-refractivity contribution is 0.0912. The Balaban J connectivity index is 1.94. The highest BCUT2D eigenvalue weighted by Gasteiger charge is 2.13. The third-order valence-electron chi connectivity index (χ3n) is 2.92. The standard InChI is InChI=1S/C16H20N2O3S/c1-10(2)21-13-6-4-5-12(7-13)15(19)8-17-16(20)14-9-22-11(3)18-14/h4-7,9-10,15,19H,8H2,1-3H3,(H,17,20)/t15-/m1/s1. The number of nitrogens with one attached hydrogen (secondary N) is 1. The molecular weight excluding hydrogens is 300 g/mol. The topological polar surface area (TPSA) is 71.5 Å². The number of benzene rings is 1. The molecule has 0 saturated heterocycles. The number of aliphatic hydroxyl groups is 1. The minimum absolute atomic E-state index is 0.0694. The zero-order valence-electron chi connectivity index (χ0n) is 12.9. The normalized spacial score (nSPS) is 12.2. The first-order valence-electron chi connectivity index (χ1n) is 7.10. The highest BCUT2D eigenvalue weighted by atomic mass is 32.1. The summed E-state index contributed by atoms with van der Waals surface area (Å²) in [7, 11) is 0. The summed E-state index contributed by atoms with van der Waals surface area (Å²) in [4.78, 5) is 16.0. The number of rotatable bonds is 6. The fourth-order valence-electron chi connectivity index (χ4n) is 1.93. The first-order valence-corrected chi connectivity index (χ1v) is 7.98. The fraction of sp³-hybridized carbons (Fsp3) is 0.375. The van der Waals surface area contributed by atoms with Gasteiger partial charge in [0.25, 0.3) is 5.91 Å². The van der Waals surface area contributed by atoms with Crippen LogP contribution in [0.3, 0.4) is 0 Å². The fourth-order valence-corrected chi connectivity index (χ4v) is 2.53. The number of carbonyl (C=O) groups is 1. The average Bonchev–Trinajstić information content (AvgIpc) is 2.90. The van der Waals surface area contributed by atoms with Crippen molar-refractivity contribution in [3.05, 3.63) is 45.9 Å². The lowest BCUT2D eigenvalue weighted by atomic mass is 10.1. The van der Waals surface area contributed by atoms with Crippen molar-refractivity contribution in [3.8, 4) is 5.75 Å². The zero-order chi connectivity index (χ0) is 16.1. The van der Waals surface area contributed by atoms with Crippen LogP contribution >= 0.6 is 11.3 Å². The summed E-state index contributed by atoms with van der Waals surface area (Å²) in [6, 6.07) is 7.25. The molecule has 2 N–H and O–H groups in total. The highest BCUT2D eigenvalue weighted by molar-refractivity contribution is 7.09. The molecule has 2 rings (SSSR count). The molecule has 1 aromatic carbocycles. The SMILES string of the molecule is Cc1nc(C(=O)NC[C@@H](O)c2cccc(OC(C)C)c2)cs1. The van der Waals surface area contributed by atoms with Crippen molar-refractivity contribution in [2.45, 2.75) is 33.0 Å². The van der Waals surface area contributed by atoms with Crippen LogP contribution in [0.25, 0.3) is 0 Å². The number of ether oxygens (including phenoxy) is 1. The van der Waals surface area contributed by atoms with Crippen LogP contribution in [0.4, 0.5) is 0 Å². The van der Waals surface area contributed by atoms with Gasteiger partial charge in [-0.25, -0.2) is 4.98 Å². The lowest BCUT2D eigenvalue weighted by Crippen LogP contribution is -2.28. The van der Waals surface area contributed by atoms with Crippen molar-refractivity contribution in [1.29, 1.82) is 0 Å². The summed E-state index contributed by atoms with van der Waals surface area (Å²) < 4.78 is 5.60. The third kappa shape index (κ3) is 4.54. The molecule has 0 spiro atoms. The number of aryl methyl sites for hydroxylation is 1. The third-order valence-corrected chi connectivity index (χ3v) is 3.70. The maximum atomic E-state index is 11.9. The Bertz CT molecular complexity index is 640. The largest absolute Gasteiger partial charge is 0.491 e. The molecule has 0 bridgehead atoms. The van der Waals surface area contributed by atoms with Gasteiger partial charge in [-0.2, -0.15) is 0 Å². The van der Waals surface area contributed by atoms with Gasteiger partial charge < -0.3 is 15.2 Å². The number of carbonyl (C=O) groups excluding carboxylic acids is 1. The first-order chi connectivity index (χ1) is 10.5. The Hall–Kier alpha value is -1.92. The summed E-state index contributed by atoms with van der Waals surface area (Å²) in [5, 5.41) is 15.4. The molecule has 0 unspecified atom stereocenters. The molecule has 2 aromatic rings. The van der Waals surface area contributed by atoms with Gasteiger partial charge in [0.1, 0.15) is 11.4 Å². The van der Waals surface area contributed by atoms with E-state index in [1.807, 2.05) is 32.9 Å². The Morgan fingerprint density at radius 1 is 1.45 bits per heavy atom. The molecule has 1 amide bonds. The zero-order valence-corrected chi connectivity index (χ0v) is 13.7. The molecule has 0 aliphatic heterocycles. The van der Waals surface area contributed by atoms with Gasteiger partial charge in [-0.1, -0.05) is 12.1 Å². The van der Waals surface area contributed by atoms with E-state index >= 15 is 0 Å².